The first-order valence-electron chi connectivity index (χ1n) is 13.6. The summed E-state index contributed by atoms with van der Waals surface area (Å²) >= 11 is 0. The maximum absolute atomic E-state index is 14.7. The molecule has 180 valence electrons. The molecular formula is C31H42F2. The molecule has 33 heavy (non-hydrogen) atoms. The Morgan fingerprint density at radius 1 is 0.818 bits per heavy atom. The van der Waals surface area contributed by atoms with Gasteiger partial charge in [0.1, 0.15) is 0 Å². The summed E-state index contributed by atoms with van der Waals surface area (Å²) < 4.78 is 29.3. The summed E-state index contributed by atoms with van der Waals surface area (Å²) in [5, 5.41) is 1.22. The highest BCUT2D eigenvalue weighted by atomic mass is 19.2. The molecule has 0 spiro atoms. The van der Waals surface area contributed by atoms with Crippen molar-refractivity contribution in [3.63, 3.8) is 0 Å². The molecule has 4 rings (SSSR count). The van der Waals surface area contributed by atoms with E-state index in [2.05, 4.69) is 19.6 Å². The lowest BCUT2D eigenvalue weighted by Gasteiger charge is -2.38. The predicted molar refractivity (Wildman–Crippen MR) is 137 cm³/mol. The Kier molecular flexibility index (Phi) is 8.61. The Balaban J connectivity index is 1.29. The lowest BCUT2D eigenvalue weighted by Crippen LogP contribution is -2.26. The van der Waals surface area contributed by atoms with Crippen molar-refractivity contribution in [3.8, 4) is 0 Å². The van der Waals surface area contributed by atoms with Gasteiger partial charge in [-0.2, -0.15) is 0 Å². The minimum absolute atomic E-state index is 0.426. The van der Waals surface area contributed by atoms with Crippen LogP contribution in [0, 0.1) is 35.3 Å². The third-order valence-electron chi connectivity index (χ3n) is 8.76. The van der Waals surface area contributed by atoms with Gasteiger partial charge < -0.3 is 0 Å². The molecule has 0 saturated heterocycles. The van der Waals surface area contributed by atoms with Gasteiger partial charge >= 0.3 is 0 Å². The van der Waals surface area contributed by atoms with Crippen LogP contribution in [0.5, 0.6) is 0 Å². The first-order valence-corrected chi connectivity index (χ1v) is 13.6. The molecule has 2 heteroatoms. The first kappa shape index (κ1) is 24.4. The molecule has 2 aliphatic carbocycles. The van der Waals surface area contributed by atoms with Gasteiger partial charge in [-0.3, -0.25) is 0 Å². The number of fused-ring (bicyclic) bond motifs is 1. The smallest absolute Gasteiger partial charge is 0.166 e. The highest BCUT2D eigenvalue weighted by Gasteiger charge is 2.30. The molecule has 2 aliphatic rings. The largest absolute Gasteiger partial charge is 0.203 e. The number of hydrogen-bond donors (Lipinski definition) is 0. The van der Waals surface area contributed by atoms with Gasteiger partial charge in [-0.15, -0.1) is 6.58 Å². The van der Waals surface area contributed by atoms with Crippen molar-refractivity contribution in [2.75, 3.05) is 0 Å². The Morgan fingerprint density at radius 3 is 2.06 bits per heavy atom. The summed E-state index contributed by atoms with van der Waals surface area (Å²) in [6.07, 6.45) is 19.2. The van der Waals surface area contributed by atoms with Gasteiger partial charge in [-0.05, 0) is 104 Å². The van der Waals surface area contributed by atoms with Crippen molar-refractivity contribution in [2.45, 2.75) is 96.8 Å². The summed E-state index contributed by atoms with van der Waals surface area (Å²) in [4.78, 5) is 0. The molecule has 2 aromatic carbocycles. The number of aryl methyl sites for hydroxylation is 2. The van der Waals surface area contributed by atoms with E-state index >= 15 is 0 Å². The van der Waals surface area contributed by atoms with Crippen LogP contribution in [0.1, 0.15) is 95.1 Å². The molecule has 2 fully saturated rings. The van der Waals surface area contributed by atoms with Crippen molar-refractivity contribution in [1.29, 1.82) is 0 Å². The number of halogens is 2. The fraction of sp³-hybridized carbons (Fsp3) is 0.613. The topological polar surface area (TPSA) is 0 Å². The lowest BCUT2D eigenvalue weighted by atomic mass is 9.68. The molecule has 2 aromatic rings. The van der Waals surface area contributed by atoms with Crippen LogP contribution in [0.25, 0.3) is 10.8 Å². The Hall–Kier alpha value is -1.70. The lowest BCUT2D eigenvalue weighted by molar-refractivity contribution is 0.141. The van der Waals surface area contributed by atoms with E-state index in [1.165, 1.54) is 70.6 Å². The van der Waals surface area contributed by atoms with Gasteiger partial charge in [-0.1, -0.05) is 63.7 Å². The van der Waals surface area contributed by atoms with E-state index in [4.69, 9.17) is 0 Å². The van der Waals surface area contributed by atoms with E-state index < -0.39 is 11.6 Å². The van der Waals surface area contributed by atoms with Gasteiger partial charge in [-0.25, -0.2) is 8.78 Å². The summed E-state index contributed by atoms with van der Waals surface area (Å²) in [6.45, 7) is 6.00. The van der Waals surface area contributed by atoms with E-state index in [9.17, 15) is 8.78 Å². The van der Waals surface area contributed by atoms with Crippen LogP contribution in [0.4, 0.5) is 8.78 Å². The fourth-order valence-corrected chi connectivity index (χ4v) is 6.70. The molecule has 0 amide bonds. The van der Waals surface area contributed by atoms with E-state index in [1.807, 2.05) is 12.1 Å². The normalized spacial score (nSPS) is 25.9. The number of rotatable bonds is 9. The average Bonchev–Trinajstić information content (AvgIpc) is 2.85. The SMILES string of the molecule is C=CCCc1cc2ccc(CCC3CCC(C4CCC(CCC)CC4)CC3)cc2c(F)c1F. The summed E-state index contributed by atoms with van der Waals surface area (Å²) in [5.41, 5.74) is 1.58. The second-order valence-electron chi connectivity index (χ2n) is 10.9. The quantitative estimate of drug-likeness (QED) is 0.332. The van der Waals surface area contributed by atoms with E-state index in [0.717, 1.165) is 41.0 Å². The van der Waals surface area contributed by atoms with E-state index in [0.29, 0.717) is 23.8 Å². The van der Waals surface area contributed by atoms with E-state index in [-0.39, 0.29) is 0 Å². The molecule has 0 radical (unpaired) electrons. The predicted octanol–water partition coefficient (Wildman–Crippen LogP) is 9.58. The van der Waals surface area contributed by atoms with Crippen LogP contribution in [0.15, 0.2) is 36.9 Å². The highest BCUT2D eigenvalue weighted by molar-refractivity contribution is 5.84. The zero-order valence-electron chi connectivity index (χ0n) is 20.6. The van der Waals surface area contributed by atoms with Crippen LogP contribution in [0.3, 0.4) is 0 Å². The molecule has 0 nitrogen and oxygen atoms in total. The molecule has 0 atom stereocenters. The third-order valence-corrected chi connectivity index (χ3v) is 8.76. The second-order valence-corrected chi connectivity index (χ2v) is 10.9. The average molecular weight is 453 g/mol. The summed E-state index contributed by atoms with van der Waals surface area (Å²) in [6, 6.07) is 7.76. The first-order chi connectivity index (χ1) is 16.1. The molecule has 0 aliphatic heterocycles. The summed E-state index contributed by atoms with van der Waals surface area (Å²) in [7, 11) is 0. The van der Waals surface area contributed by atoms with Crippen molar-refractivity contribution in [2.24, 2.45) is 23.7 Å². The zero-order chi connectivity index (χ0) is 23.2. The molecule has 0 aromatic heterocycles. The maximum atomic E-state index is 14.7. The third kappa shape index (κ3) is 6.06. The number of allylic oxidation sites excluding steroid dienone is 1. The van der Waals surface area contributed by atoms with Crippen LogP contribution in [-0.4, -0.2) is 0 Å². The Labute approximate surface area is 199 Å². The van der Waals surface area contributed by atoms with Gasteiger partial charge in [0.25, 0.3) is 0 Å². The zero-order valence-corrected chi connectivity index (χ0v) is 20.6. The molecule has 2 saturated carbocycles. The van der Waals surface area contributed by atoms with Gasteiger partial charge in [0.2, 0.25) is 0 Å². The second kappa shape index (κ2) is 11.6. The molecule has 0 bridgehead atoms. The minimum atomic E-state index is -0.692. The molecule has 0 heterocycles. The van der Waals surface area contributed by atoms with Gasteiger partial charge in [0.15, 0.2) is 11.6 Å². The fourth-order valence-electron chi connectivity index (χ4n) is 6.70. The molecule has 0 N–H and O–H groups in total. The van der Waals surface area contributed by atoms with Crippen LogP contribution in [0.2, 0.25) is 0 Å². The standard InChI is InChI=1S/C31H42F2/c1-3-5-7-28-21-27-19-14-24(20-29(27)31(33)30(28)32)9-8-23-12-17-26(18-13-23)25-15-10-22(6-4-2)11-16-25/h3,14,19-23,25-26H,1,4-13,15-18H2,2H3. The Morgan fingerprint density at radius 2 is 1.45 bits per heavy atom. The van der Waals surface area contributed by atoms with Crippen molar-refractivity contribution >= 4 is 10.8 Å². The van der Waals surface area contributed by atoms with Crippen LogP contribution in [-0.2, 0) is 12.8 Å². The molecule has 0 unspecified atom stereocenters. The van der Waals surface area contributed by atoms with Gasteiger partial charge in [0, 0.05) is 5.39 Å². The van der Waals surface area contributed by atoms with E-state index in [1.54, 1.807) is 12.1 Å². The van der Waals surface area contributed by atoms with Gasteiger partial charge in [0.05, 0.1) is 0 Å². The van der Waals surface area contributed by atoms with Crippen molar-refractivity contribution in [1.82, 2.24) is 0 Å². The monoisotopic (exact) mass is 452 g/mol. The minimum Gasteiger partial charge on any atom is -0.203 e. The van der Waals surface area contributed by atoms with Crippen molar-refractivity contribution in [3.05, 3.63) is 59.7 Å². The number of hydrogen-bond acceptors (Lipinski definition) is 0. The molecular weight excluding hydrogens is 410 g/mol. The highest BCUT2D eigenvalue weighted by Crippen LogP contribution is 2.43. The van der Waals surface area contributed by atoms with Crippen LogP contribution < -0.4 is 0 Å². The number of benzene rings is 2. The maximum Gasteiger partial charge on any atom is 0.166 e. The van der Waals surface area contributed by atoms with Crippen molar-refractivity contribution < 1.29 is 8.78 Å². The summed E-state index contributed by atoms with van der Waals surface area (Å²) in [5.74, 6) is 2.34. The Bertz CT molecular complexity index is 914. The van der Waals surface area contributed by atoms with Crippen LogP contribution >= 0.6 is 0 Å².